The Labute approximate surface area is 161 Å². The highest BCUT2D eigenvalue weighted by Gasteiger charge is 2.18. The van der Waals surface area contributed by atoms with Gasteiger partial charge in [-0.25, -0.2) is 8.42 Å². The van der Waals surface area contributed by atoms with Crippen molar-refractivity contribution in [2.75, 3.05) is 6.61 Å². The molecule has 0 spiro atoms. The third-order valence-electron chi connectivity index (χ3n) is 4.22. The maximum absolute atomic E-state index is 12.7. The molecule has 0 fully saturated rings. The number of ether oxygens (including phenoxy) is 1. The first kappa shape index (κ1) is 19.4. The number of nitrogens with one attached hydrogen (secondary N) is 1. The molecule has 0 amide bonds. The Morgan fingerprint density at radius 1 is 1.26 bits per heavy atom. The van der Waals surface area contributed by atoms with Gasteiger partial charge in [0.1, 0.15) is 11.3 Å². The zero-order valence-electron chi connectivity index (χ0n) is 15.2. The van der Waals surface area contributed by atoms with Gasteiger partial charge in [-0.05, 0) is 37.6 Å². The molecule has 0 radical (unpaired) electrons. The molecule has 0 unspecified atom stereocenters. The number of fused-ring (bicyclic) bond motifs is 1. The highest BCUT2D eigenvalue weighted by Crippen LogP contribution is 2.33. The topological polar surface area (TPSA) is 94.0 Å². The summed E-state index contributed by atoms with van der Waals surface area (Å²) in [4.78, 5) is 15.4. The largest absolute Gasteiger partial charge is 0.493 e. The fourth-order valence-electron chi connectivity index (χ4n) is 3.10. The number of benzene rings is 1. The summed E-state index contributed by atoms with van der Waals surface area (Å²) >= 11 is 0. The van der Waals surface area contributed by atoms with Gasteiger partial charge in [-0.1, -0.05) is 13.3 Å². The van der Waals surface area contributed by atoms with Gasteiger partial charge in [-0.15, -0.1) is 0 Å². The first-order chi connectivity index (χ1) is 12.8. The van der Waals surface area contributed by atoms with Gasteiger partial charge < -0.3 is 9.72 Å². The summed E-state index contributed by atoms with van der Waals surface area (Å²) in [6.45, 7) is 4.25. The van der Waals surface area contributed by atoms with E-state index in [4.69, 9.17) is 15.4 Å². The third kappa shape index (κ3) is 3.72. The number of aromatic nitrogens is 3. The van der Waals surface area contributed by atoms with E-state index < -0.39 is 9.05 Å². The fourth-order valence-corrected chi connectivity index (χ4v) is 3.88. The van der Waals surface area contributed by atoms with Crippen molar-refractivity contribution >= 4 is 30.6 Å². The number of nitrogens with zero attached hydrogens (tertiary/aromatic N) is 2. The normalized spacial score (nSPS) is 11.9. The van der Waals surface area contributed by atoms with Crippen LogP contribution in [0.4, 0.5) is 0 Å². The smallest absolute Gasteiger partial charge is 0.274 e. The second-order valence-electron chi connectivity index (χ2n) is 6.12. The Kier molecular flexibility index (Phi) is 5.30. The van der Waals surface area contributed by atoms with Crippen molar-refractivity contribution in [3.63, 3.8) is 0 Å². The summed E-state index contributed by atoms with van der Waals surface area (Å²) in [7, 11) is 3.29. The van der Waals surface area contributed by atoms with E-state index in [2.05, 4.69) is 10.1 Å². The Hall–Kier alpha value is -2.32. The molecule has 3 aromatic rings. The van der Waals surface area contributed by atoms with Crippen molar-refractivity contribution in [3.05, 3.63) is 40.3 Å². The number of hydrogen-bond acceptors (Lipinski definition) is 5. The van der Waals surface area contributed by atoms with Crippen LogP contribution in [0.2, 0.25) is 0 Å². The quantitative estimate of drug-likeness (QED) is 0.631. The van der Waals surface area contributed by atoms with Crippen molar-refractivity contribution < 1.29 is 13.2 Å². The lowest BCUT2D eigenvalue weighted by Crippen LogP contribution is -2.11. The number of aryl methyl sites for hydroxylation is 2. The first-order valence-electron chi connectivity index (χ1n) is 8.57. The molecule has 9 heteroatoms. The lowest BCUT2D eigenvalue weighted by molar-refractivity contribution is 0.341. The van der Waals surface area contributed by atoms with Crippen LogP contribution >= 0.6 is 10.7 Å². The van der Waals surface area contributed by atoms with E-state index in [0.29, 0.717) is 29.1 Å². The van der Waals surface area contributed by atoms with Gasteiger partial charge in [0.15, 0.2) is 0 Å². The molecule has 2 aromatic heterocycles. The average molecular weight is 410 g/mol. The van der Waals surface area contributed by atoms with Gasteiger partial charge in [0, 0.05) is 28.7 Å². The van der Waals surface area contributed by atoms with Crippen LogP contribution in [-0.2, 0) is 22.5 Å². The maximum Gasteiger partial charge on any atom is 0.274 e. The molecule has 0 bridgehead atoms. The zero-order chi connectivity index (χ0) is 19.8. The Morgan fingerprint density at radius 3 is 2.63 bits per heavy atom. The molecule has 0 aliphatic heterocycles. The summed E-state index contributed by atoms with van der Waals surface area (Å²) < 4.78 is 30.7. The molecule has 7 nitrogen and oxygen atoms in total. The minimum atomic E-state index is -3.92. The molecule has 2 heterocycles. The van der Waals surface area contributed by atoms with Crippen molar-refractivity contribution in [1.29, 1.82) is 0 Å². The third-order valence-corrected chi connectivity index (χ3v) is 5.57. The maximum atomic E-state index is 12.7. The second-order valence-corrected chi connectivity index (χ2v) is 8.69. The minimum absolute atomic E-state index is 0.0662. The van der Waals surface area contributed by atoms with Crippen LogP contribution in [0.3, 0.4) is 0 Å². The van der Waals surface area contributed by atoms with Crippen LogP contribution in [0.1, 0.15) is 26.0 Å². The molecule has 0 saturated heterocycles. The van der Waals surface area contributed by atoms with E-state index in [0.717, 1.165) is 23.9 Å². The summed E-state index contributed by atoms with van der Waals surface area (Å²) in [6, 6.07) is 6.12. The molecule has 1 N–H and O–H groups in total. The van der Waals surface area contributed by atoms with Crippen LogP contribution in [0, 0.1) is 0 Å². The SMILES string of the molecule is CCCc1nn(C)c2c(=O)[nH]c(-c3cc(S(=O)(=O)Cl)ccc3OCC)cc12. The van der Waals surface area contributed by atoms with Gasteiger partial charge in [-0.3, -0.25) is 9.48 Å². The van der Waals surface area contributed by atoms with Crippen molar-refractivity contribution in [1.82, 2.24) is 14.8 Å². The standard InChI is InChI=1S/C18H20ClN3O4S/c1-4-6-14-13-10-15(20-18(23)17(13)22(3)21-14)12-9-11(27(19,24)25)7-8-16(12)26-5-2/h7-10H,4-6H2,1-3H3,(H,20,23). The van der Waals surface area contributed by atoms with Gasteiger partial charge in [0.05, 0.1) is 22.9 Å². The zero-order valence-corrected chi connectivity index (χ0v) is 16.8. The van der Waals surface area contributed by atoms with Crippen LogP contribution in [0.5, 0.6) is 5.75 Å². The fraction of sp³-hybridized carbons (Fsp3) is 0.333. The molecule has 144 valence electrons. The van der Waals surface area contributed by atoms with Crippen molar-refractivity contribution in [2.24, 2.45) is 7.05 Å². The molecule has 0 saturated carbocycles. The molecular weight excluding hydrogens is 390 g/mol. The van der Waals surface area contributed by atoms with Crippen LogP contribution in [0.15, 0.2) is 34.0 Å². The Balaban J connectivity index is 2.31. The molecule has 0 atom stereocenters. The number of rotatable bonds is 6. The average Bonchev–Trinajstić information content (AvgIpc) is 2.91. The number of H-pyrrole nitrogens is 1. The van der Waals surface area contributed by atoms with Gasteiger partial charge in [0.2, 0.25) is 0 Å². The molecule has 27 heavy (non-hydrogen) atoms. The van der Waals surface area contributed by atoms with Gasteiger partial charge in [-0.2, -0.15) is 5.10 Å². The highest BCUT2D eigenvalue weighted by atomic mass is 35.7. The van der Waals surface area contributed by atoms with Gasteiger partial charge >= 0.3 is 0 Å². The minimum Gasteiger partial charge on any atom is -0.493 e. The summed E-state index contributed by atoms with van der Waals surface area (Å²) in [5.74, 6) is 0.456. The first-order valence-corrected chi connectivity index (χ1v) is 10.9. The molecular formula is C18H20ClN3O4S. The van der Waals surface area contributed by atoms with E-state index in [1.807, 2.05) is 13.8 Å². The predicted octanol–water partition coefficient (Wildman–Crippen LogP) is 3.21. The summed E-state index contributed by atoms with van der Waals surface area (Å²) in [6.07, 6.45) is 1.62. The van der Waals surface area contributed by atoms with Gasteiger partial charge in [0.25, 0.3) is 14.6 Å². The predicted molar refractivity (Wildman–Crippen MR) is 105 cm³/mol. The number of halogens is 1. The van der Waals surface area contributed by atoms with E-state index in [1.54, 1.807) is 17.8 Å². The molecule has 0 aliphatic carbocycles. The monoisotopic (exact) mass is 409 g/mol. The second kappa shape index (κ2) is 7.36. The summed E-state index contributed by atoms with van der Waals surface area (Å²) in [5, 5.41) is 5.17. The number of aromatic amines is 1. The Bertz CT molecular complexity index is 1170. The molecule has 0 aliphatic rings. The molecule has 3 rings (SSSR count). The Morgan fingerprint density at radius 2 is 2.00 bits per heavy atom. The number of pyridine rings is 1. The lowest BCUT2D eigenvalue weighted by Gasteiger charge is -2.12. The van der Waals surface area contributed by atoms with E-state index in [-0.39, 0.29) is 10.5 Å². The van der Waals surface area contributed by atoms with Crippen LogP contribution in [-0.4, -0.2) is 29.8 Å². The van der Waals surface area contributed by atoms with E-state index in [1.165, 1.54) is 18.2 Å². The van der Waals surface area contributed by atoms with Crippen LogP contribution < -0.4 is 10.3 Å². The highest BCUT2D eigenvalue weighted by molar-refractivity contribution is 8.13. The van der Waals surface area contributed by atoms with E-state index >= 15 is 0 Å². The van der Waals surface area contributed by atoms with Crippen molar-refractivity contribution in [3.8, 4) is 17.0 Å². The van der Waals surface area contributed by atoms with Crippen molar-refractivity contribution in [2.45, 2.75) is 31.6 Å². The lowest BCUT2D eigenvalue weighted by atomic mass is 10.1. The number of hydrogen-bond donors (Lipinski definition) is 1. The van der Waals surface area contributed by atoms with Crippen LogP contribution in [0.25, 0.3) is 22.2 Å². The van der Waals surface area contributed by atoms with E-state index in [9.17, 15) is 13.2 Å². The summed E-state index contributed by atoms with van der Waals surface area (Å²) in [5.41, 5.74) is 1.89. The molecule has 1 aromatic carbocycles.